The van der Waals surface area contributed by atoms with Crippen LogP contribution in [0.3, 0.4) is 0 Å². The smallest absolute Gasteiger partial charge is 0.325 e. The van der Waals surface area contributed by atoms with E-state index in [1.165, 1.54) is 29.8 Å². The normalized spacial score (nSPS) is 11.7. The van der Waals surface area contributed by atoms with E-state index in [1.807, 2.05) is 6.92 Å². The molecule has 0 aliphatic carbocycles. The van der Waals surface area contributed by atoms with Crippen molar-refractivity contribution in [1.82, 2.24) is 9.55 Å². The highest BCUT2D eigenvalue weighted by molar-refractivity contribution is 7.18. The number of thiophene rings is 1. The Morgan fingerprint density at radius 2 is 2.08 bits per heavy atom. The van der Waals surface area contributed by atoms with Crippen LogP contribution < -0.4 is 10.9 Å². The molecular formula is C17H14F3N3O2S. The van der Waals surface area contributed by atoms with Gasteiger partial charge in [0.05, 0.1) is 17.3 Å². The standard InChI is InChI=1S/C17H14F3N3O2S/c1-2-12-7-13-15(26-12)21-9-23(16(13)25)8-14(24)22-11-5-3-4-10(6-11)17(18,19)20/h3-7,9H,2,8H2,1H3,(H,22,24). The third-order valence-electron chi connectivity index (χ3n) is 3.71. The summed E-state index contributed by atoms with van der Waals surface area (Å²) in [6.07, 6.45) is -2.45. The van der Waals surface area contributed by atoms with Gasteiger partial charge in [-0.25, -0.2) is 4.98 Å². The first-order valence-electron chi connectivity index (χ1n) is 7.73. The van der Waals surface area contributed by atoms with Gasteiger partial charge in [-0.05, 0) is 30.7 Å². The van der Waals surface area contributed by atoms with Crippen LogP contribution in [-0.2, 0) is 23.9 Å². The van der Waals surface area contributed by atoms with Crippen molar-refractivity contribution >= 4 is 33.1 Å². The predicted molar refractivity (Wildman–Crippen MR) is 93.3 cm³/mol. The molecule has 1 amide bonds. The molecule has 0 atom stereocenters. The number of nitrogens with one attached hydrogen (secondary N) is 1. The summed E-state index contributed by atoms with van der Waals surface area (Å²) in [5.74, 6) is -0.612. The Balaban J connectivity index is 1.79. The van der Waals surface area contributed by atoms with E-state index < -0.39 is 17.6 Å². The Bertz CT molecular complexity index is 1020. The molecule has 2 aromatic heterocycles. The summed E-state index contributed by atoms with van der Waals surface area (Å²) in [7, 11) is 0. The number of halogens is 3. The second-order valence-electron chi connectivity index (χ2n) is 5.59. The number of amides is 1. The molecule has 3 aromatic rings. The fourth-order valence-corrected chi connectivity index (χ4v) is 3.35. The predicted octanol–water partition coefficient (Wildman–Crippen LogP) is 3.68. The molecule has 0 radical (unpaired) electrons. The highest BCUT2D eigenvalue weighted by Crippen LogP contribution is 2.30. The number of aryl methyl sites for hydroxylation is 1. The van der Waals surface area contributed by atoms with Gasteiger partial charge in [0, 0.05) is 10.6 Å². The van der Waals surface area contributed by atoms with E-state index in [4.69, 9.17) is 0 Å². The maximum Gasteiger partial charge on any atom is 0.416 e. The first kappa shape index (κ1) is 18.1. The van der Waals surface area contributed by atoms with Crippen molar-refractivity contribution in [3.05, 3.63) is 57.5 Å². The molecule has 0 aliphatic rings. The van der Waals surface area contributed by atoms with E-state index in [1.54, 1.807) is 6.07 Å². The molecule has 0 bridgehead atoms. The van der Waals surface area contributed by atoms with Gasteiger partial charge in [-0.1, -0.05) is 13.0 Å². The minimum atomic E-state index is -4.50. The number of carbonyl (C=O) groups excluding carboxylic acids is 1. The molecule has 0 fully saturated rings. The maximum absolute atomic E-state index is 12.7. The third-order valence-corrected chi connectivity index (χ3v) is 4.89. The zero-order valence-electron chi connectivity index (χ0n) is 13.6. The minimum Gasteiger partial charge on any atom is -0.325 e. The Hall–Kier alpha value is -2.68. The molecule has 0 aliphatic heterocycles. The van der Waals surface area contributed by atoms with Crippen molar-refractivity contribution in [3.8, 4) is 0 Å². The molecule has 26 heavy (non-hydrogen) atoms. The van der Waals surface area contributed by atoms with Gasteiger partial charge in [0.25, 0.3) is 5.56 Å². The lowest BCUT2D eigenvalue weighted by molar-refractivity contribution is -0.137. The largest absolute Gasteiger partial charge is 0.416 e. The van der Waals surface area contributed by atoms with Gasteiger partial charge in [-0.2, -0.15) is 13.2 Å². The zero-order chi connectivity index (χ0) is 18.9. The monoisotopic (exact) mass is 381 g/mol. The lowest BCUT2D eigenvalue weighted by Gasteiger charge is -2.10. The Labute approximate surface area is 150 Å². The number of aromatic nitrogens is 2. The zero-order valence-corrected chi connectivity index (χ0v) is 14.4. The average Bonchev–Trinajstić information content (AvgIpc) is 3.01. The van der Waals surface area contributed by atoms with Gasteiger partial charge >= 0.3 is 6.18 Å². The number of carbonyl (C=O) groups is 1. The van der Waals surface area contributed by atoms with Crippen LogP contribution in [0.15, 0.2) is 41.5 Å². The van der Waals surface area contributed by atoms with Crippen LogP contribution >= 0.6 is 11.3 Å². The van der Waals surface area contributed by atoms with Gasteiger partial charge in [-0.3, -0.25) is 14.2 Å². The number of fused-ring (bicyclic) bond motifs is 1. The fourth-order valence-electron chi connectivity index (χ4n) is 2.43. The highest BCUT2D eigenvalue weighted by atomic mass is 32.1. The quantitative estimate of drug-likeness (QED) is 0.750. The molecule has 9 heteroatoms. The third kappa shape index (κ3) is 3.77. The van der Waals surface area contributed by atoms with Gasteiger partial charge in [0.2, 0.25) is 5.91 Å². The number of hydrogen-bond acceptors (Lipinski definition) is 4. The first-order chi connectivity index (χ1) is 12.3. The van der Waals surface area contributed by atoms with Gasteiger partial charge in [0.15, 0.2) is 0 Å². The van der Waals surface area contributed by atoms with Crippen LogP contribution in [0, 0.1) is 0 Å². The van der Waals surface area contributed by atoms with Gasteiger partial charge < -0.3 is 5.32 Å². The van der Waals surface area contributed by atoms with Crippen LogP contribution in [0.25, 0.3) is 10.2 Å². The molecule has 5 nitrogen and oxygen atoms in total. The molecule has 1 N–H and O–H groups in total. The minimum absolute atomic E-state index is 0.00992. The Morgan fingerprint density at radius 1 is 1.31 bits per heavy atom. The van der Waals surface area contributed by atoms with Crippen molar-refractivity contribution in [1.29, 1.82) is 0 Å². The van der Waals surface area contributed by atoms with Crippen molar-refractivity contribution in [3.63, 3.8) is 0 Å². The second kappa shape index (κ2) is 6.91. The van der Waals surface area contributed by atoms with Crippen LogP contribution in [0.2, 0.25) is 0 Å². The molecule has 0 spiro atoms. The van der Waals surface area contributed by atoms with Crippen LogP contribution in [-0.4, -0.2) is 15.5 Å². The summed E-state index contributed by atoms with van der Waals surface area (Å²) in [5.41, 5.74) is -1.21. The number of alkyl halides is 3. The van der Waals surface area contributed by atoms with Crippen molar-refractivity contribution in [2.75, 3.05) is 5.32 Å². The van der Waals surface area contributed by atoms with Gasteiger partial charge in [-0.15, -0.1) is 11.3 Å². The Morgan fingerprint density at radius 3 is 2.77 bits per heavy atom. The second-order valence-corrected chi connectivity index (χ2v) is 6.70. The lowest BCUT2D eigenvalue weighted by Crippen LogP contribution is -2.27. The summed E-state index contributed by atoms with van der Waals surface area (Å²) in [4.78, 5) is 30.3. The van der Waals surface area contributed by atoms with Gasteiger partial charge in [0.1, 0.15) is 11.4 Å². The molecule has 136 valence electrons. The van der Waals surface area contributed by atoms with Crippen LogP contribution in [0.1, 0.15) is 17.4 Å². The van der Waals surface area contributed by atoms with E-state index in [2.05, 4.69) is 10.3 Å². The molecule has 0 saturated carbocycles. The van der Waals surface area contributed by atoms with E-state index >= 15 is 0 Å². The molecule has 1 aromatic carbocycles. The summed E-state index contributed by atoms with van der Waals surface area (Å²) < 4.78 is 39.3. The summed E-state index contributed by atoms with van der Waals surface area (Å²) in [6.45, 7) is 1.63. The van der Waals surface area contributed by atoms with E-state index in [9.17, 15) is 22.8 Å². The van der Waals surface area contributed by atoms with Crippen molar-refractivity contribution in [2.24, 2.45) is 0 Å². The number of anilines is 1. The molecular weight excluding hydrogens is 367 g/mol. The topological polar surface area (TPSA) is 64.0 Å². The lowest BCUT2D eigenvalue weighted by atomic mass is 10.2. The Kier molecular flexibility index (Phi) is 4.82. The molecule has 0 unspecified atom stereocenters. The molecule has 0 saturated heterocycles. The number of hydrogen-bond donors (Lipinski definition) is 1. The molecule has 3 rings (SSSR count). The molecule has 2 heterocycles. The average molecular weight is 381 g/mol. The van der Waals surface area contributed by atoms with E-state index in [0.29, 0.717) is 10.2 Å². The summed E-state index contributed by atoms with van der Waals surface area (Å²) >= 11 is 1.41. The summed E-state index contributed by atoms with van der Waals surface area (Å²) in [6, 6.07) is 6.06. The number of nitrogens with zero attached hydrogens (tertiary/aromatic N) is 2. The SMILES string of the molecule is CCc1cc2c(=O)n(CC(=O)Nc3cccc(C(F)(F)F)c3)cnc2s1. The van der Waals surface area contributed by atoms with Crippen LogP contribution in [0.4, 0.5) is 18.9 Å². The van der Waals surface area contributed by atoms with E-state index in [0.717, 1.165) is 28.0 Å². The number of benzene rings is 1. The first-order valence-corrected chi connectivity index (χ1v) is 8.54. The van der Waals surface area contributed by atoms with Crippen LogP contribution in [0.5, 0.6) is 0 Å². The summed E-state index contributed by atoms with van der Waals surface area (Å²) in [5, 5.41) is 2.80. The highest BCUT2D eigenvalue weighted by Gasteiger charge is 2.30. The van der Waals surface area contributed by atoms with Crippen molar-refractivity contribution in [2.45, 2.75) is 26.1 Å². The fraction of sp³-hybridized carbons (Fsp3) is 0.235. The maximum atomic E-state index is 12.7. The van der Waals surface area contributed by atoms with E-state index in [-0.39, 0.29) is 17.8 Å². The van der Waals surface area contributed by atoms with Crippen molar-refractivity contribution < 1.29 is 18.0 Å². The number of rotatable bonds is 4.